The Morgan fingerprint density at radius 3 is 1.11 bits per heavy atom. The Labute approximate surface area is 530 Å². The average molecular weight is 1350 g/mol. The summed E-state index contributed by atoms with van der Waals surface area (Å²) in [5.74, 6) is -6.45. The summed E-state index contributed by atoms with van der Waals surface area (Å²) in [4.78, 5) is 26.1. The van der Waals surface area contributed by atoms with E-state index in [2.05, 4.69) is 31.7 Å². The molecule has 1 rings (SSSR count). The first-order valence-electron chi connectivity index (χ1n) is 33.2. The first-order valence-corrected chi connectivity index (χ1v) is 38.7. The smallest absolute Gasteiger partial charge is 0.397 e. The predicted molar refractivity (Wildman–Crippen MR) is 336 cm³/mol. The standard InChI is InChI=1S/C60H117NO23S4/c1-5-7-9-11-13-15-17-19-21-23-25-27-29-31-33-35-37-39-41-43-45-77-49-59(4,50-78-46-44-42-40-38-36-34-32-30-28-26-24-22-20-18-16-14-12-10-8-6-2)51-79-60(58(63)64)47-53(82-86(68,69)70)55(61-52(3)62)57(81-60)56(84-88(74,75)76)54(83-87(71,72)73)48-80-85(65,66)67/h53-57H,5-51H2,1-4H3,(H,61,62)(H,63,64)(H,65,66,67)(H,68,69,70)(H,71,72,73)(H,74,75,76)/t53-,54+,55+,56+,57+,60+/m0/s1. The largest absolute Gasteiger partial charge is 0.477 e. The zero-order valence-corrected chi connectivity index (χ0v) is 57.1. The molecule has 1 amide bonds. The maximum atomic E-state index is 13.5. The van der Waals surface area contributed by atoms with E-state index in [1.807, 2.05) is 0 Å². The van der Waals surface area contributed by atoms with Crippen LogP contribution in [0.1, 0.15) is 291 Å². The van der Waals surface area contributed by atoms with Gasteiger partial charge in [-0.05, 0) is 12.8 Å². The van der Waals surface area contributed by atoms with Gasteiger partial charge in [-0.15, -0.1) is 0 Å². The van der Waals surface area contributed by atoms with Crippen LogP contribution in [-0.2, 0) is 86.9 Å². The number of unbranched alkanes of at least 4 members (excludes halogenated alkanes) is 38. The van der Waals surface area contributed by atoms with E-state index in [9.17, 15) is 66.6 Å². The first kappa shape index (κ1) is 84.3. The lowest BCUT2D eigenvalue weighted by molar-refractivity contribution is -0.314. The fourth-order valence-electron chi connectivity index (χ4n) is 11.1. The zero-order chi connectivity index (χ0) is 65.6. The second-order valence-electron chi connectivity index (χ2n) is 24.5. The summed E-state index contributed by atoms with van der Waals surface area (Å²) in [5, 5.41) is 13.0. The van der Waals surface area contributed by atoms with Crippen LogP contribution in [0, 0.1) is 5.41 Å². The topological polar surface area (TPSA) is 358 Å². The van der Waals surface area contributed by atoms with Gasteiger partial charge in [0.05, 0.1) is 32.5 Å². The summed E-state index contributed by atoms with van der Waals surface area (Å²) in [7, 11) is -23.0. The Morgan fingerprint density at radius 2 is 0.830 bits per heavy atom. The van der Waals surface area contributed by atoms with Gasteiger partial charge in [0.1, 0.15) is 24.4 Å². The van der Waals surface area contributed by atoms with Crippen molar-refractivity contribution in [2.75, 3.05) is 39.6 Å². The molecule has 0 saturated carbocycles. The molecule has 0 aromatic rings. The van der Waals surface area contributed by atoms with Gasteiger partial charge < -0.3 is 29.4 Å². The van der Waals surface area contributed by atoms with Gasteiger partial charge in [0, 0.05) is 32.0 Å². The fourth-order valence-corrected chi connectivity index (χ4v) is 12.9. The lowest BCUT2D eigenvalue weighted by Gasteiger charge is -2.48. The van der Waals surface area contributed by atoms with E-state index >= 15 is 0 Å². The van der Waals surface area contributed by atoms with Crippen molar-refractivity contribution in [3.8, 4) is 0 Å². The summed E-state index contributed by atoms with van der Waals surface area (Å²) < 4.78 is 178. The average Bonchev–Trinajstić information content (AvgIpc) is 0.771. The van der Waals surface area contributed by atoms with Crippen molar-refractivity contribution in [3.63, 3.8) is 0 Å². The molecule has 1 saturated heterocycles. The van der Waals surface area contributed by atoms with E-state index in [0.29, 0.717) is 26.1 Å². The second kappa shape index (κ2) is 48.9. The third-order valence-electron chi connectivity index (χ3n) is 15.9. The molecule has 1 fully saturated rings. The molecular weight excluding hydrogens is 1230 g/mol. The summed E-state index contributed by atoms with van der Waals surface area (Å²) in [6.07, 6.45) is 36.6. The molecule has 0 aromatic heterocycles. The van der Waals surface area contributed by atoms with Gasteiger partial charge in [0.2, 0.25) is 5.91 Å². The molecule has 88 heavy (non-hydrogen) atoms. The van der Waals surface area contributed by atoms with E-state index in [4.69, 9.17) is 23.1 Å². The van der Waals surface area contributed by atoms with E-state index in [1.54, 1.807) is 6.92 Å². The lowest BCUT2D eigenvalue weighted by Crippen LogP contribution is -2.69. The molecule has 6 atom stereocenters. The third-order valence-corrected chi connectivity index (χ3v) is 17.8. The molecule has 24 nitrogen and oxygen atoms in total. The molecule has 0 aliphatic carbocycles. The molecule has 1 aliphatic heterocycles. The van der Waals surface area contributed by atoms with Crippen molar-refractivity contribution >= 4 is 53.5 Å². The van der Waals surface area contributed by atoms with Gasteiger partial charge in [-0.25, -0.2) is 21.5 Å². The van der Waals surface area contributed by atoms with Gasteiger partial charge in [0.25, 0.3) is 5.79 Å². The number of amides is 1. The number of hydrogen-bond donors (Lipinski definition) is 6. The van der Waals surface area contributed by atoms with Gasteiger partial charge in [-0.3, -0.25) is 23.0 Å². The van der Waals surface area contributed by atoms with Crippen LogP contribution in [-0.4, -0.2) is 145 Å². The number of carbonyl (C=O) groups excluding carboxylic acids is 1. The molecule has 0 aromatic carbocycles. The van der Waals surface area contributed by atoms with E-state index < -0.39 is 115 Å². The minimum atomic E-state index is -5.94. The van der Waals surface area contributed by atoms with Gasteiger partial charge in [-0.2, -0.15) is 33.7 Å². The highest BCUT2D eigenvalue weighted by atomic mass is 32.3. The molecule has 28 heteroatoms. The number of rotatable bonds is 62. The quantitative estimate of drug-likeness (QED) is 0.0243. The van der Waals surface area contributed by atoms with Crippen molar-refractivity contribution in [1.29, 1.82) is 0 Å². The first-order chi connectivity index (χ1) is 41.6. The zero-order valence-electron chi connectivity index (χ0n) is 53.8. The van der Waals surface area contributed by atoms with Crippen molar-refractivity contribution in [2.45, 2.75) is 327 Å². The Morgan fingerprint density at radius 1 is 0.500 bits per heavy atom. The maximum Gasteiger partial charge on any atom is 0.397 e. The number of carboxylic acids is 1. The van der Waals surface area contributed by atoms with E-state index in [-0.39, 0.29) is 13.2 Å². The Bertz CT molecular complexity index is 2200. The second-order valence-corrected chi connectivity index (χ2v) is 28.8. The molecular formula is C60H117NO23S4. The Balaban J connectivity index is 3.10. The molecule has 0 spiro atoms. The van der Waals surface area contributed by atoms with Crippen molar-refractivity contribution in [3.05, 3.63) is 0 Å². The molecule has 1 aliphatic rings. The lowest BCUT2D eigenvalue weighted by atomic mass is 9.88. The molecule has 0 radical (unpaired) electrons. The number of aliphatic carboxylic acids is 1. The van der Waals surface area contributed by atoms with Gasteiger partial charge >= 0.3 is 47.6 Å². The van der Waals surface area contributed by atoms with E-state index in [0.717, 1.165) is 58.3 Å². The van der Waals surface area contributed by atoms with E-state index in [1.165, 1.54) is 193 Å². The normalized spacial score (nSPS) is 18.6. The monoisotopic (exact) mass is 1350 g/mol. The van der Waals surface area contributed by atoms with Crippen LogP contribution in [0.3, 0.4) is 0 Å². The SMILES string of the molecule is CCCCCCCCCCCCCCCCCCCCCCOCC(C)(COCCCCCCCCCCCCCCCCCCCCCC)CO[C@]1(C(=O)O)C[C@H](OS(=O)(=O)O)[C@@H](NC(C)=O)[C@H]([C@H](OS(=O)(=O)O)[C@@H](COS(=O)(=O)O)OS(=O)(=O)O)O1. The molecule has 524 valence electrons. The molecule has 0 bridgehead atoms. The van der Waals surface area contributed by atoms with Crippen LogP contribution < -0.4 is 5.32 Å². The summed E-state index contributed by atoms with van der Waals surface area (Å²) in [5.41, 5.74) is -1.24. The van der Waals surface area contributed by atoms with Crippen LogP contribution >= 0.6 is 0 Å². The predicted octanol–water partition coefficient (Wildman–Crippen LogP) is 13.1. The maximum absolute atomic E-state index is 13.5. The van der Waals surface area contributed by atoms with Crippen LogP contribution in [0.15, 0.2) is 0 Å². The molecule has 1 heterocycles. The number of nitrogens with one attached hydrogen (secondary N) is 1. The number of ether oxygens (including phenoxy) is 4. The van der Waals surface area contributed by atoms with Crippen molar-refractivity contribution in [2.24, 2.45) is 5.41 Å². The Kier molecular flexibility index (Phi) is 46.8. The molecule has 0 unspecified atom stereocenters. The number of carboxylic acid groups (broad SMARTS) is 1. The summed E-state index contributed by atoms with van der Waals surface area (Å²) in [6, 6.07) is -2.26. The minimum absolute atomic E-state index is 0.101. The number of carbonyl (C=O) groups is 2. The third kappa shape index (κ3) is 46.3. The fraction of sp³-hybridized carbons (Fsp3) is 0.967. The Hall–Kier alpha value is -1.74. The number of hydrogen-bond acceptors (Lipinski definition) is 18. The highest BCUT2D eigenvalue weighted by molar-refractivity contribution is 7.81. The van der Waals surface area contributed by atoms with Crippen molar-refractivity contribution in [1.82, 2.24) is 5.32 Å². The highest BCUT2D eigenvalue weighted by Gasteiger charge is 2.60. The van der Waals surface area contributed by atoms with Crippen LogP contribution in [0.4, 0.5) is 0 Å². The highest BCUT2D eigenvalue weighted by Crippen LogP contribution is 2.39. The van der Waals surface area contributed by atoms with Crippen LogP contribution in [0.25, 0.3) is 0 Å². The van der Waals surface area contributed by atoms with Crippen LogP contribution in [0.2, 0.25) is 0 Å². The minimum Gasteiger partial charge on any atom is -0.477 e. The summed E-state index contributed by atoms with van der Waals surface area (Å²) >= 11 is 0. The molecule has 6 N–H and O–H groups in total. The van der Waals surface area contributed by atoms with Gasteiger partial charge in [0.15, 0.2) is 0 Å². The summed E-state index contributed by atoms with van der Waals surface area (Å²) in [6.45, 7) is 4.87. The van der Waals surface area contributed by atoms with Crippen molar-refractivity contribution < 1.29 is 102 Å². The van der Waals surface area contributed by atoms with Crippen LogP contribution in [0.5, 0.6) is 0 Å². The van der Waals surface area contributed by atoms with Gasteiger partial charge in [-0.1, -0.05) is 265 Å².